The molecular formula is C31H32ClN3O6. The number of methoxy groups -OCH3 is 1. The molecule has 9 nitrogen and oxygen atoms in total. The van der Waals surface area contributed by atoms with E-state index >= 15 is 0 Å². The second kappa shape index (κ2) is 13.3. The van der Waals surface area contributed by atoms with E-state index in [4.69, 9.17) is 26.9 Å². The van der Waals surface area contributed by atoms with Gasteiger partial charge < -0.3 is 20.4 Å². The van der Waals surface area contributed by atoms with Crippen LogP contribution in [-0.4, -0.2) is 47.2 Å². The molecule has 0 bridgehead atoms. The number of carbonyl (C=O) groups is 3. The molecule has 3 aromatic rings. The molecule has 1 aliphatic rings. The summed E-state index contributed by atoms with van der Waals surface area (Å²) in [7, 11) is 1.56. The third-order valence-corrected chi connectivity index (χ3v) is 7.36. The minimum atomic E-state index is -1.13. The number of carbonyl (C=O) groups excluding carboxylic acids is 2. The van der Waals surface area contributed by atoms with Gasteiger partial charge in [0.2, 0.25) is 11.8 Å². The first-order valence-corrected chi connectivity index (χ1v) is 13.6. The summed E-state index contributed by atoms with van der Waals surface area (Å²) in [5.74, 6) is -1.49. The first kappa shape index (κ1) is 29.6. The van der Waals surface area contributed by atoms with Crippen LogP contribution in [0.15, 0.2) is 71.9 Å². The van der Waals surface area contributed by atoms with Gasteiger partial charge in [-0.05, 0) is 78.8 Å². The Labute approximate surface area is 243 Å². The predicted molar refractivity (Wildman–Crippen MR) is 157 cm³/mol. The molecule has 1 unspecified atom stereocenters. The molecule has 1 aliphatic heterocycles. The fourth-order valence-corrected chi connectivity index (χ4v) is 5.04. The van der Waals surface area contributed by atoms with Gasteiger partial charge in [-0.2, -0.15) is 0 Å². The molecule has 1 saturated heterocycles. The number of hydrogen-bond donors (Lipinski definition) is 2. The van der Waals surface area contributed by atoms with Gasteiger partial charge >= 0.3 is 5.97 Å². The minimum Gasteiger partial charge on any atom is -0.496 e. The van der Waals surface area contributed by atoms with Crippen LogP contribution in [0.4, 0.5) is 5.69 Å². The van der Waals surface area contributed by atoms with E-state index in [-0.39, 0.29) is 41.9 Å². The van der Waals surface area contributed by atoms with Crippen LogP contribution in [-0.2, 0) is 16.0 Å². The van der Waals surface area contributed by atoms with Crippen LogP contribution >= 0.6 is 11.6 Å². The topological polar surface area (TPSA) is 132 Å². The van der Waals surface area contributed by atoms with Crippen LogP contribution < -0.4 is 15.3 Å². The first-order chi connectivity index (χ1) is 19.7. The lowest BCUT2D eigenvalue weighted by atomic mass is 9.92. The molecule has 4 rings (SSSR count). The maximum atomic E-state index is 13.8. The second-order valence-electron chi connectivity index (χ2n) is 10.0. The van der Waals surface area contributed by atoms with E-state index in [1.54, 1.807) is 49.6 Å². The number of para-hydroxylation sites is 1. The van der Waals surface area contributed by atoms with Gasteiger partial charge in [0.25, 0.3) is 0 Å². The van der Waals surface area contributed by atoms with Crippen LogP contribution in [0.2, 0.25) is 5.02 Å². The third-order valence-electron chi connectivity index (χ3n) is 7.13. The molecule has 0 aliphatic carbocycles. The Morgan fingerprint density at radius 3 is 2.59 bits per heavy atom. The number of ether oxygens (including phenoxy) is 1. The van der Waals surface area contributed by atoms with Gasteiger partial charge in [-0.25, -0.2) is 4.79 Å². The number of nitrogens with two attached hydrogens (primary N) is 1. The molecular weight excluding hydrogens is 546 g/mol. The Bertz CT molecular complexity index is 1460. The van der Waals surface area contributed by atoms with Gasteiger partial charge in [0, 0.05) is 23.0 Å². The standard InChI is InChI=1S/C31H32ClN3O6/c1-19(20-9-12-26(31(38)39)27(33)17-20)14-29(36)35-18-24(34-41-25-6-4-3-5-7-25)11-8-21(30(35)37)15-22-16-23(32)10-13-28(22)40-2/h3-7,9-10,12-13,16-17,19,21H,8,11,14-15,18,33H2,1-2H3,(H,38,39)/b34-24+/t19-,21?/m0/s1. The van der Waals surface area contributed by atoms with Crippen LogP contribution in [0, 0.1) is 5.92 Å². The maximum Gasteiger partial charge on any atom is 0.337 e. The van der Waals surface area contributed by atoms with Gasteiger partial charge in [-0.3, -0.25) is 14.5 Å². The summed E-state index contributed by atoms with van der Waals surface area (Å²) in [6.07, 6.45) is 1.26. The Kier molecular flexibility index (Phi) is 9.62. The molecule has 0 spiro atoms. The normalized spacial score (nSPS) is 17.1. The molecule has 0 radical (unpaired) electrons. The minimum absolute atomic E-state index is 0.000488. The van der Waals surface area contributed by atoms with Crippen molar-refractivity contribution in [3.8, 4) is 11.5 Å². The van der Waals surface area contributed by atoms with Crippen molar-refractivity contribution in [1.29, 1.82) is 0 Å². The smallest absolute Gasteiger partial charge is 0.337 e. The number of rotatable bonds is 9. The molecule has 3 N–H and O–H groups in total. The highest BCUT2D eigenvalue weighted by molar-refractivity contribution is 6.30. The number of imide groups is 1. The van der Waals surface area contributed by atoms with E-state index in [0.29, 0.717) is 47.1 Å². The number of likely N-dealkylation sites (tertiary alicyclic amines) is 1. The Morgan fingerprint density at radius 2 is 1.90 bits per heavy atom. The molecule has 3 aromatic carbocycles. The van der Waals surface area contributed by atoms with E-state index in [0.717, 1.165) is 5.56 Å². The van der Waals surface area contributed by atoms with Crippen molar-refractivity contribution in [2.24, 2.45) is 11.1 Å². The lowest BCUT2D eigenvalue weighted by molar-refractivity contribution is -0.146. The Balaban J connectivity index is 1.59. The SMILES string of the molecule is COc1ccc(Cl)cc1CC1CC/C(=N\Oc2ccccc2)CN(C(=O)C[C@H](C)c2ccc(C(=O)O)c(N)c2)C1=O. The molecule has 1 fully saturated rings. The molecule has 214 valence electrons. The number of carboxylic acid groups (broad SMARTS) is 1. The number of oxime groups is 1. The molecule has 0 aromatic heterocycles. The summed E-state index contributed by atoms with van der Waals surface area (Å²) in [5, 5.41) is 14.1. The Morgan fingerprint density at radius 1 is 1.15 bits per heavy atom. The van der Waals surface area contributed by atoms with Crippen LogP contribution in [0.1, 0.15) is 53.6 Å². The summed E-state index contributed by atoms with van der Waals surface area (Å²) in [5.41, 5.74) is 8.07. The largest absolute Gasteiger partial charge is 0.496 e. The van der Waals surface area contributed by atoms with Crippen molar-refractivity contribution in [1.82, 2.24) is 4.90 Å². The lowest BCUT2D eigenvalue weighted by Crippen LogP contribution is -2.42. The van der Waals surface area contributed by atoms with Crippen molar-refractivity contribution in [3.05, 3.63) is 88.4 Å². The average molecular weight is 578 g/mol. The Hall–Kier alpha value is -4.37. The zero-order valence-corrected chi connectivity index (χ0v) is 23.6. The van der Waals surface area contributed by atoms with Crippen molar-refractivity contribution < 1.29 is 29.1 Å². The summed E-state index contributed by atoms with van der Waals surface area (Å²) in [6.45, 7) is 1.83. The lowest BCUT2D eigenvalue weighted by Gasteiger charge is -2.24. The number of benzene rings is 3. The highest BCUT2D eigenvalue weighted by atomic mass is 35.5. The van der Waals surface area contributed by atoms with Crippen LogP contribution in [0.5, 0.6) is 11.5 Å². The molecule has 0 saturated carbocycles. The number of aromatic carboxylic acids is 1. The number of nitrogens with zero attached hydrogens (tertiary/aromatic N) is 2. The highest BCUT2D eigenvalue weighted by Gasteiger charge is 2.34. The number of nitrogen functional groups attached to an aromatic ring is 1. The van der Waals surface area contributed by atoms with Crippen molar-refractivity contribution >= 4 is 40.8 Å². The van der Waals surface area contributed by atoms with Crippen molar-refractivity contribution in [2.75, 3.05) is 19.4 Å². The summed E-state index contributed by atoms with van der Waals surface area (Å²) in [6, 6.07) is 18.9. The average Bonchev–Trinajstić information content (AvgIpc) is 3.11. The van der Waals surface area contributed by atoms with E-state index in [1.165, 1.54) is 11.0 Å². The monoisotopic (exact) mass is 577 g/mol. The van der Waals surface area contributed by atoms with Crippen molar-refractivity contribution in [2.45, 2.75) is 38.5 Å². The van der Waals surface area contributed by atoms with Crippen LogP contribution in [0.25, 0.3) is 0 Å². The number of amides is 2. The van der Waals surface area contributed by atoms with Gasteiger partial charge in [0.1, 0.15) is 5.75 Å². The zero-order chi connectivity index (χ0) is 29.5. The number of hydrogen-bond acceptors (Lipinski definition) is 7. The summed E-state index contributed by atoms with van der Waals surface area (Å²) < 4.78 is 5.48. The first-order valence-electron chi connectivity index (χ1n) is 13.2. The van der Waals surface area contributed by atoms with E-state index in [9.17, 15) is 19.5 Å². The summed E-state index contributed by atoms with van der Waals surface area (Å²) in [4.78, 5) is 45.7. The van der Waals surface area contributed by atoms with E-state index in [1.807, 2.05) is 25.1 Å². The van der Waals surface area contributed by atoms with Gasteiger partial charge in [-0.1, -0.05) is 47.9 Å². The highest BCUT2D eigenvalue weighted by Crippen LogP contribution is 2.30. The summed E-state index contributed by atoms with van der Waals surface area (Å²) >= 11 is 6.23. The van der Waals surface area contributed by atoms with E-state index in [2.05, 4.69) is 5.16 Å². The molecule has 41 heavy (non-hydrogen) atoms. The van der Waals surface area contributed by atoms with Gasteiger partial charge in [0.15, 0.2) is 5.75 Å². The number of carboxylic acids is 1. The predicted octanol–water partition coefficient (Wildman–Crippen LogP) is 5.57. The molecule has 10 heteroatoms. The fraction of sp³-hybridized carbons (Fsp3) is 0.290. The molecule has 2 atom stereocenters. The van der Waals surface area contributed by atoms with Crippen molar-refractivity contribution in [3.63, 3.8) is 0 Å². The quantitative estimate of drug-likeness (QED) is 0.251. The number of halogens is 1. The van der Waals surface area contributed by atoms with Gasteiger partial charge in [0.05, 0.1) is 24.9 Å². The van der Waals surface area contributed by atoms with Crippen LogP contribution in [0.3, 0.4) is 0 Å². The maximum absolute atomic E-state index is 13.8. The molecule has 2 amide bonds. The third kappa shape index (κ3) is 7.43. The van der Waals surface area contributed by atoms with Gasteiger partial charge in [-0.15, -0.1) is 0 Å². The fourth-order valence-electron chi connectivity index (χ4n) is 4.84. The number of anilines is 1. The second-order valence-corrected chi connectivity index (χ2v) is 10.5. The molecule has 1 heterocycles. The van der Waals surface area contributed by atoms with E-state index < -0.39 is 11.9 Å². The zero-order valence-electron chi connectivity index (χ0n) is 22.9.